The van der Waals surface area contributed by atoms with Crippen molar-refractivity contribution in [3.05, 3.63) is 71.5 Å². The summed E-state index contributed by atoms with van der Waals surface area (Å²) >= 11 is 0. The first kappa shape index (κ1) is 45.7. The quantitative estimate of drug-likeness (QED) is 0.165. The van der Waals surface area contributed by atoms with Crippen LogP contribution >= 0.6 is 0 Å². The zero-order valence-electron chi connectivity index (χ0n) is 37.8. The van der Waals surface area contributed by atoms with Gasteiger partial charge in [-0.25, -0.2) is 5.43 Å². The largest absolute Gasteiger partial charge is 0.508 e. The van der Waals surface area contributed by atoms with Gasteiger partial charge in [-0.1, -0.05) is 39.8 Å². The normalized spacial score (nSPS) is 22.7. The molecule has 63 heavy (non-hydrogen) atoms. The number of aromatic nitrogens is 2. The third-order valence-corrected chi connectivity index (χ3v) is 12.7. The maximum Gasteiger partial charge on any atom is 0.324 e. The number of nitrogens with one attached hydrogen (secondary N) is 2. The average Bonchev–Trinajstić information content (AvgIpc) is 3.83. The molecule has 5 N–H and O–H groups in total. The lowest BCUT2D eigenvalue weighted by Crippen LogP contribution is -2.62. The summed E-state index contributed by atoms with van der Waals surface area (Å²) < 4.78 is 19.8. The molecule has 4 aromatic rings. The zero-order valence-corrected chi connectivity index (χ0v) is 37.8. The van der Waals surface area contributed by atoms with E-state index in [0.29, 0.717) is 44.4 Å². The molecule has 2 aromatic heterocycles. The third kappa shape index (κ3) is 9.47. The highest BCUT2D eigenvalue weighted by molar-refractivity contribution is 5.96. The van der Waals surface area contributed by atoms with Crippen molar-refractivity contribution >= 4 is 34.6 Å². The molecule has 2 fully saturated rings. The van der Waals surface area contributed by atoms with E-state index in [1.54, 1.807) is 32.5 Å². The number of methoxy groups -OCH3 is 1. The first-order chi connectivity index (χ1) is 30.0. The van der Waals surface area contributed by atoms with Crippen molar-refractivity contribution in [1.29, 1.82) is 0 Å². The van der Waals surface area contributed by atoms with Gasteiger partial charge in [0.2, 0.25) is 5.91 Å². The Bertz CT molecular complexity index is 2360. The minimum absolute atomic E-state index is 0.00212. The van der Waals surface area contributed by atoms with Crippen molar-refractivity contribution in [1.82, 2.24) is 30.2 Å². The Labute approximate surface area is 369 Å². The van der Waals surface area contributed by atoms with E-state index in [1.807, 2.05) is 39.0 Å². The van der Waals surface area contributed by atoms with Crippen LogP contribution in [-0.4, -0.2) is 112 Å². The van der Waals surface area contributed by atoms with E-state index in [4.69, 9.17) is 24.9 Å². The Hall–Kier alpha value is -5.35. The van der Waals surface area contributed by atoms with Gasteiger partial charge in [0.15, 0.2) is 6.10 Å². The smallest absolute Gasteiger partial charge is 0.324 e. The average molecular weight is 866 g/mol. The monoisotopic (exact) mass is 865 g/mol. The number of rotatable bonds is 9. The Morgan fingerprint density at radius 2 is 1.89 bits per heavy atom. The molecule has 0 radical (unpaired) electrons. The number of likely N-dealkylation sites (N-methyl/N-ethyl adjacent to an activating group) is 1. The minimum atomic E-state index is -1.15. The number of hydrazine groups is 1. The van der Waals surface area contributed by atoms with Crippen molar-refractivity contribution in [2.24, 2.45) is 17.1 Å². The Balaban J connectivity index is 1.34. The number of aromatic hydroxyl groups is 1. The summed E-state index contributed by atoms with van der Waals surface area (Å²) in [5.74, 6) is -2.23. The van der Waals surface area contributed by atoms with E-state index >= 15 is 0 Å². The standard InChI is InChI=1S/C48H63N7O8/c1-9-54-39-15-14-30-24-34(39)35(42(54)33-12-10-17-50-40(33)28(4)61-8)25-48(5,6)26-63-47(60)37-13-11-18-55(52-37)45(58)38(22-29-20-31(30)23-32(56)21-29)51-44(57)41(27(2)3)53(7)46(59)43-36(49)16-19-62-43/h10,12,14-15,17,20-21,23-24,27-28,36-38,41,43,52,56H,9,11,13,16,18-19,22,25-26,49H2,1-8H3,(H,51,57)/t28-,36+,37-,38-,41-,43-/m0/s1. The van der Waals surface area contributed by atoms with E-state index in [1.165, 1.54) is 9.91 Å². The number of ether oxygens (including phenoxy) is 3. The highest BCUT2D eigenvalue weighted by Crippen LogP contribution is 2.42. The van der Waals surface area contributed by atoms with Crippen LogP contribution in [0.2, 0.25) is 0 Å². The Kier molecular flexibility index (Phi) is 13.6. The van der Waals surface area contributed by atoms with Crippen LogP contribution in [0.25, 0.3) is 33.3 Å². The number of hydrogen-bond acceptors (Lipinski definition) is 11. The van der Waals surface area contributed by atoms with Crippen molar-refractivity contribution < 1.29 is 38.5 Å². The summed E-state index contributed by atoms with van der Waals surface area (Å²) in [5.41, 5.74) is 15.8. The predicted octanol–water partition coefficient (Wildman–Crippen LogP) is 5.05. The van der Waals surface area contributed by atoms with E-state index in [2.05, 4.69) is 54.3 Å². The molecule has 0 saturated carbocycles. The molecule has 6 bridgehead atoms. The first-order valence-corrected chi connectivity index (χ1v) is 22.2. The number of nitrogens with zero attached hydrogens (tertiary/aromatic N) is 4. The number of hydrogen-bond donors (Lipinski definition) is 4. The molecule has 338 valence electrons. The topological polar surface area (TPSA) is 191 Å². The molecule has 3 aliphatic heterocycles. The van der Waals surface area contributed by atoms with Gasteiger partial charge in [0, 0.05) is 74.4 Å². The van der Waals surface area contributed by atoms with Crippen LogP contribution in [0.5, 0.6) is 5.75 Å². The summed E-state index contributed by atoms with van der Waals surface area (Å²) in [7, 11) is 3.22. The molecule has 0 spiro atoms. The van der Waals surface area contributed by atoms with Crippen molar-refractivity contribution in [2.45, 2.75) is 117 Å². The number of esters is 1. The fourth-order valence-electron chi connectivity index (χ4n) is 9.45. The fourth-order valence-corrected chi connectivity index (χ4v) is 9.45. The number of amides is 3. The molecule has 0 unspecified atom stereocenters. The highest BCUT2D eigenvalue weighted by Gasteiger charge is 2.41. The Morgan fingerprint density at radius 3 is 2.59 bits per heavy atom. The minimum Gasteiger partial charge on any atom is -0.508 e. The van der Waals surface area contributed by atoms with Crippen LogP contribution < -0.4 is 16.5 Å². The fraction of sp³-hybridized carbons (Fsp3) is 0.521. The molecule has 3 aliphatic rings. The van der Waals surface area contributed by atoms with Gasteiger partial charge in [0.25, 0.3) is 11.8 Å². The number of phenolic OH excluding ortho intramolecular Hbond substituents is 1. The number of nitrogens with two attached hydrogens (primary N) is 1. The van der Waals surface area contributed by atoms with Gasteiger partial charge in [-0.2, -0.15) is 0 Å². The van der Waals surface area contributed by atoms with Crippen LogP contribution in [-0.2, 0) is 52.8 Å². The van der Waals surface area contributed by atoms with E-state index in [9.17, 15) is 24.3 Å². The van der Waals surface area contributed by atoms with Gasteiger partial charge < -0.3 is 39.8 Å². The number of phenols is 1. The highest BCUT2D eigenvalue weighted by atomic mass is 16.5. The predicted molar refractivity (Wildman–Crippen MR) is 239 cm³/mol. The molecule has 6 atom stereocenters. The number of benzene rings is 2. The molecule has 15 nitrogen and oxygen atoms in total. The second-order valence-electron chi connectivity index (χ2n) is 18.4. The van der Waals surface area contributed by atoms with Crippen LogP contribution in [0, 0.1) is 11.3 Å². The van der Waals surface area contributed by atoms with Crippen molar-refractivity contribution in [2.75, 3.05) is 33.9 Å². The molecule has 3 amide bonds. The molecular weight excluding hydrogens is 803 g/mol. The maximum absolute atomic E-state index is 14.6. The number of cyclic esters (lactones) is 1. The van der Waals surface area contributed by atoms with E-state index in [-0.39, 0.29) is 37.3 Å². The van der Waals surface area contributed by atoms with Crippen molar-refractivity contribution in [3.63, 3.8) is 0 Å². The summed E-state index contributed by atoms with van der Waals surface area (Å²) in [6, 6.07) is 12.0. The first-order valence-electron chi connectivity index (χ1n) is 22.2. The Morgan fingerprint density at radius 1 is 1.11 bits per heavy atom. The van der Waals surface area contributed by atoms with Crippen LogP contribution in [0.3, 0.4) is 0 Å². The van der Waals surface area contributed by atoms with E-state index < -0.39 is 59.4 Å². The van der Waals surface area contributed by atoms with Gasteiger partial charge in [-0.3, -0.25) is 29.2 Å². The van der Waals surface area contributed by atoms with Crippen LogP contribution in [0.15, 0.2) is 54.7 Å². The molecular formula is C48H63N7O8. The van der Waals surface area contributed by atoms with Crippen LogP contribution in [0.1, 0.15) is 83.7 Å². The second kappa shape index (κ2) is 18.8. The van der Waals surface area contributed by atoms with Gasteiger partial charge in [-0.15, -0.1) is 0 Å². The molecule has 7 rings (SSSR count). The molecule has 15 heteroatoms. The summed E-state index contributed by atoms with van der Waals surface area (Å²) in [5, 5.41) is 16.7. The van der Waals surface area contributed by atoms with Crippen molar-refractivity contribution in [3.8, 4) is 28.1 Å². The van der Waals surface area contributed by atoms with E-state index in [0.717, 1.165) is 44.5 Å². The zero-order chi connectivity index (χ0) is 45.3. The maximum atomic E-state index is 14.6. The van der Waals surface area contributed by atoms with Crippen LogP contribution in [0.4, 0.5) is 0 Å². The lowest BCUT2D eigenvalue weighted by Gasteiger charge is -2.37. The number of carbonyl (C=O) groups is 4. The molecule has 5 heterocycles. The second-order valence-corrected chi connectivity index (χ2v) is 18.4. The number of carbonyl (C=O) groups excluding carboxylic acids is 4. The lowest BCUT2D eigenvalue weighted by molar-refractivity contribution is -0.155. The number of fused-ring (bicyclic) bond motifs is 6. The molecule has 2 aromatic carbocycles. The van der Waals surface area contributed by atoms with Gasteiger partial charge in [0.1, 0.15) is 23.9 Å². The van der Waals surface area contributed by atoms with Gasteiger partial charge in [0.05, 0.1) is 24.1 Å². The molecule has 2 saturated heterocycles. The lowest BCUT2D eigenvalue weighted by atomic mass is 9.84. The SMILES string of the molecule is CCn1c(-c2cccnc2[C@H](C)OC)c2c3cc(ccc31)-c1cc(O)cc(c1)C[C@H](NC(=O)[C@H](C(C)C)N(C)C(=O)[C@H]1OCC[C@H]1N)C(=O)N1CCC[C@H](N1)C(=O)OCC(C)(C)C2. The van der Waals surface area contributed by atoms with Gasteiger partial charge >= 0.3 is 5.97 Å². The summed E-state index contributed by atoms with van der Waals surface area (Å²) in [6.07, 6.45) is 2.66. The third-order valence-electron chi connectivity index (χ3n) is 12.7. The van der Waals surface area contributed by atoms with Gasteiger partial charge in [-0.05, 0) is 104 Å². The number of pyridine rings is 1. The summed E-state index contributed by atoms with van der Waals surface area (Å²) in [6.45, 7) is 13.3. The summed E-state index contributed by atoms with van der Waals surface area (Å²) in [4.78, 5) is 62.7. The number of aryl methyl sites for hydroxylation is 1. The molecule has 0 aliphatic carbocycles.